The number of rotatable bonds is 6. The number of carbonyl (C=O) groups excluding carboxylic acids is 1. The lowest BCUT2D eigenvalue weighted by molar-refractivity contribution is -0.120. The Labute approximate surface area is 147 Å². The minimum absolute atomic E-state index is 0.0472. The highest BCUT2D eigenvalue weighted by atomic mass is 19.1. The van der Waals surface area contributed by atoms with Crippen LogP contribution >= 0.6 is 0 Å². The molecule has 0 saturated heterocycles. The Hall–Kier alpha value is -2.50. The molecule has 1 aliphatic carbocycles. The number of aromatic nitrogens is 2. The molecule has 6 heteroatoms. The molecule has 2 aromatic rings. The lowest BCUT2D eigenvalue weighted by Gasteiger charge is -2.20. The number of carbonyl (C=O) groups is 1. The molecule has 1 heterocycles. The SMILES string of the molecule is O=C(Nc1ccc(NCCc2ccc(F)cc2)nn1)C1CCCCC1. The van der Waals surface area contributed by atoms with Crippen LogP contribution in [0.25, 0.3) is 0 Å². The largest absolute Gasteiger partial charge is 0.368 e. The van der Waals surface area contributed by atoms with E-state index in [-0.39, 0.29) is 17.6 Å². The molecule has 2 N–H and O–H groups in total. The molecule has 0 bridgehead atoms. The summed E-state index contributed by atoms with van der Waals surface area (Å²) in [6, 6.07) is 10.0. The van der Waals surface area contributed by atoms with Gasteiger partial charge in [0.25, 0.3) is 0 Å². The van der Waals surface area contributed by atoms with Crippen LogP contribution in [0.15, 0.2) is 36.4 Å². The quantitative estimate of drug-likeness (QED) is 0.838. The number of hydrogen-bond donors (Lipinski definition) is 2. The number of anilines is 2. The lowest BCUT2D eigenvalue weighted by atomic mass is 9.89. The van der Waals surface area contributed by atoms with E-state index in [9.17, 15) is 9.18 Å². The average molecular weight is 342 g/mol. The third-order valence-corrected chi connectivity index (χ3v) is 4.52. The van der Waals surface area contributed by atoms with Gasteiger partial charge in [-0.15, -0.1) is 10.2 Å². The zero-order valence-corrected chi connectivity index (χ0v) is 14.2. The summed E-state index contributed by atoms with van der Waals surface area (Å²) in [4.78, 5) is 12.2. The molecule has 0 radical (unpaired) electrons. The zero-order valence-electron chi connectivity index (χ0n) is 14.2. The number of nitrogens with zero attached hydrogens (tertiary/aromatic N) is 2. The molecule has 0 atom stereocenters. The van der Waals surface area contributed by atoms with Crippen LogP contribution in [0.3, 0.4) is 0 Å². The van der Waals surface area contributed by atoms with E-state index < -0.39 is 0 Å². The maximum absolute atomic E-state index is 12.9. The summed E-state index contributed by atoms with van der Waals surface area (Å²) in [6.45, 7) is 0.675. The summed E-state index contributed by atoms with van der Waals surface area (Å²) in [5.41, 5.74) is 1.05. The van der Waals surface area contributed by atoms with Crippen molar-refractivity contribution in [1.29, 1.82) is 0 Å². The van der Waals surface area contributed by atoms with Crippen molar-refractivity contribution in [1.82, 2.24) is 10.2 Å². The van der Waals surface area contributed by atoms with Crippen molar-refractivity contribution in [2.75, 3.05) is 17.2 Å². The van der Waals surface area contributed by atoms with Crippen molar-refractivity contribution in [3.63, 3.8) is 0 Å². The minimum atomic E-state index is -0.228. The maximum atomic E-state index is 12.9. The Kier molecular flexibility index (Phi) is 5.93. The fraction of sp³-hybridized carbons (Fsp3) is 0.421. The smallest absolute Gasteiger partial charge is 0.228 e. The first kappa shape index (κ1) is 17.3. The molecule has 132 valence electrons. The number of hydrogen-bond acceptors (Lipinski definition) is 4. The van der Waals surface area contributed by atoms with Crippen LogP contribution < -0.4 is 10.6 Å². The summed E-state index contributed by atoms with van der Waals surface area (Å²) >= 11 is 0. The predicted octanol–water partition coefficient (Wildman–Crippen LogP) is 3.79. The van der Waals surface area contributed by atoms with E-state index in [1.165, 1.54) is 18.6 Å². The van der Waals surface area contributed by atoms with E-state index in [1.54, 1.807) is 24.3 Å². The highest BCUT2D eigenvalue weighted by molar-refractivity contribution is 5.91. The van der Waals surface area contributed by atoms with E-state index in [1.807, 2.05) is 0 Å². The van der Waals surface area contributed by atoms with Crippen molar-refractivity contribution < 1.29 is 9.18 Å². The average Bonchev–Trinajstić information content (AvgIpc) is 2.65. The van der Waals surface area contributed by atoms with Gasteiger partial charge < -0.3 is 10.6 Å². The standard InChI is InChI=1S/C19H23FN4O/c20-16-8-6-14(7-9-16)12-13-21-17-10-11-18(24-23-17)22-19(25)15-4-2-1-3-5-15/h6-11,15H,1-5,12-13H2,(H,21,23)(H,22,24,25). The van der Waals surface area contributed by atoms with Gasteiger partial charge in [-0.25, -0.2) is 4.39 Å². The number of nitrogens with one attached hydrogen (secondary N) is 2. The third kappa shape index (κ3) is 5.24. The second-order valence-corrected chi connectivity index (χ2v) is 6.43. The fourth-order valence-corrected chi connectivity index (χ4v) is 3.07. The van der Waals surface area contributed by atoms with Crippen molar-refractivity contribution in [3.8, 4) is 0 Å². The van der Waals surface area contributed by atoms with E-state index >= 15 is 0 Å². The molecular weight excluding hydrogens is 319 g/mol. The molecule has 0 aliphatic heterocycles. The summed E-state index contributed by atoms with van der Waals surface area (Å²) < 4.78 is 12.9. The Bertz CT molecular complexity index is 682. The second kappa shape index (κ2) is 8.55. The molecular formula is C19H23FN4O. The topological polar surface area (TPSA) is 66.9 Å². The molecule has 1 saturated carbocycles. The van der Waals surface area contributed by atoms with Gasteiger partial charge in [-0.3, -0.25) is 4.79 Å². The predicted molar refractivity (Wildman–Crippen MR) is 95.8 cm³/mol. The highest BCUT2D eigenvalue weighted by Crippen LogP contribution is 2.24. The van der Waals surface area contributed by atoms with Crippen molar-refractivity contribution in [3.05, 3.63) is 47.8 Å². The van der Waals surface area contributed by atoms with E-state index in [4.69, 9.17) is 0 Å². The Balaban J connectivity index is 1.45. The van der Waals surface area contributed by atoms with Crippen LogP contribution in [-0.4, -0.2) is 22.6 Å². The first-order chi connectivity index (χ1) is 12.2. The van der Waals surface area contributed by atoms with Crippen LogP contribution in [0.2, 0.25) is 0 Å². The van der Waals surface area contributed by atoms with E-state index in [0.29, 0.717) is 18.2 Å². The van der Waals surface area contributed by atoms with Gasteiger partial charge in [0.15, 0.2) is 5.82 Å². The molecule has 5 nitrogen and oxygen atoms in total. The number of halogens is 1. The number of amides is 1. The van der Waals surface area contributed by atoms with Crippen LogP contribution in [-0.2, 0) is 11.2 Å². The molecule has 0 unspecified atom stereocenters. The molecule has 3 rings (SSSR count). The normalized spacial score (nSPS) is 14.9. The molecule has 25 heavy (non-hydrogen) atoms. The number of benzene rings is 1. The highest BCUT2D eigenvalue weighted by Gasteiger charge is 2.21. The Morgan fingerprint density at radius 3 is 2.36 bits per heavy atom. The summed E-state index contributed by atoms with van der Waals surface area (Å²) in [6.07, 6.45) is 6.16. The van der Waals surface area contributed by atoms with Crippen molar-refractivity contribution in [2.45, 2.75) is 38.5 Å². The molecule has 1 aliphatic rings. The Morgan fingerprint density at radius 2 is 1.68 bits per heavy atom. The summed E-state index contributed by atoms with van der Waals surface area (Å²) in [5.74, 6) is 1.06. The molecule has 0 spiro atoms. The summed E-state index contributed by atoms with van der Waals surface area (Å²) in [5, 5.41) is 14.2. The van der Waals surface area contributed by atoms with Crippen LogP contribution in [0.5, 0.6) is 0 Å². The molecule has 1 fully saturated rings. The molecule has 1 aromatic heterocycles. The summed E-state index contributed by atoms with van der Waals surface area (Å²) in [7, 11) is 0. The van der Waals surface area contributed by atoms with Crippen LogP contribution in [0.4, 0.5) is 16.0 Å². The van der Waals surface area contributed by atoms with Gasteiger partial charge in [0, 0.05) is 12.5 Å². The first-order valence-electron chi connectivity index (χ1n) is 8.83. The first-order valence-corrected chi connectivity index (χ1v) is 8.83. The lowest BCUT2D eigenvalue weighted by Crippen LogP contribution is -2.25. The van der Waals surface area contributed by atoms with Gasteiger partial charge in [-0.2, -0.15) is 0 Å². The molecule has 1 amide bonds. The fourth-order valence-electron chi connectivity index (χ4n) is 3.07. The molecule has 1 aromatic carbocycles. The van der Waals surface area contributed by atoms with Gasteiger partial charge >= 0.3 is 0 Å². The van der Waals surface area contributed by atoms with Gasteiger partial charge in [-0.1, -0.05) is 31.4 Å². The van der Waals surface area contributed by atoms with E-state index in [0.717, 1.165) is 37.7 Å². The monoisotopic (exact) mass is 342 g/mol. The van der Waals surface area contributed by atoms with Crippen molar-refractivity contribution >= 4 is 17.5 Å². The Morgan fingerprint density at radius 1 is 1.00 bits per heavy atom. The van der Waals surface area contributed by atoms with Crippen LogP contribution in [0, 0.1) is 11.7 Å². The zero-order chi connectivity index (χ0) is 17.5. The second-order valence-electron chi connectivity index (χ2n) is 6.43. The van der Waals surface area contributed by atoms with Gasteiger partial charge in [-0.05, 0) is 49.1 Å². The third-order valence-electron chi connectivity index (χ3n) is 4.52. The van der Waals surface area contributed by atoms with Gasteiger partial charge in [0.1, 0.15) is 11.6 Å². The van der Waals surface area contributed by atoms with Crippen molar-refractivity contribution in [2.24, 2.45) is 5.92 Å². The van der Waals surface area contributed by atoms with Gasteiger partial charge in [0.05, 0.1) is 0 Å². The minimum Gasteiger partial charge on any atom is -0.368 e. The van der Waals surface area contributed by atoms with Gasteiger partial charge in [0.2, 0.25) is 5.91 Å². The van der Waals surface area contributed by atoms with Crippen LogP contribution in [0.1, 0.15) is 37.7 Å². The van der Waals surface area contributed by atoms with E-state index in [2.05, 4.69) is 20.8 Å². The maximum Gasteiger partial charge on any atom is 0.228 e.